The summed E-state index contributed by atoms with van der Waals surface area (Å²) in [5, 5.41) is 0. The maximum absolute atomic E-state index is 13.0. The van der Waals surface area contributed by atoms with E-state index in [0.29, 0.717) is 12.2 Å². The lowest BCUT2D eigenvalue weighted by atomic mass is 10.1. The van der Waals surface area contributed by atoms with Crippen molar-refractivity contribution in [2.24, 2.45) is 0 Å². The molecule has 1 unspecified atom stereocenters. The average molecular weight is 301 g/mol. The number of amides is 1. The predicted octanol–water partition coefficient (Wildman–Crippen LogP) is 3.81. The quantitative estimate of drug-likeness (QED) is 0.840. The van der Waals surface area contributed by atoms with Crippen molar-refractivity contribution in [3.05, 3.63) is 71.0 Å². The second-order valence-electron chi connectivity index (χ2n) is 5.27. The van der Waals surface area contributed by atoms with Crippen LogP contribution in [0, 0.1) is 5.82 Å². The van der Waals surface area contributed by atoms with Crippen molar-refractivity contribution in [3.8, 4) is 0 Å². The molecule has 0 aliphatic heterocycles. The Kier molecular flexibility index (Phi) is 5.28. The van der Waals surface area contributed by atoms with Gasteiger partial charge in [0.25, 0.3) is 5.91 Å². The van der Waals surface area contributed by atoms with E-state index in [2.05, 4.69) is 0 Å². The van der Waals surface area contributed by atoms with Gasteiger partial charge in [-0.05, 0) is 42.3 Å². The summed E-state index contributed by atoms with van der Waals surface area (Å²) in [7, 11) is 3.39. The SMILES string of the molecule is COCc1ccc(C(=O)N(C)C(C)c2ccc(F)cc2)cc1. The number of nitrogens with zero attached hydrogens (tertiary/aromatic N) is 1. The van der Waals surface area contributed by atoms with Gasteiger partial charge in [-0.25, -0.2) is 4.39 Å². The van der Waals surface area contributed by atoms with Crippen LogP contribution in [0.25, 0.3) is 0 Å². The van der Waals surface area contributed by atoms with Gasteiger partial charge in [0, 0.05) is 19.7 Å². The van der Waals surface area contributed by atoms with E-state index in [1.165, 1.54) is 12.1 Å². The lowest BCUT2D eigenvalue weighted by Gasteiger charge is -2.25. The van der Waals surface area contributed by atoms with Crippen LogP contribution in [0.1, 0.15) is 34.5 Å². The highest BCUT2D eigenvalue weighted by Crippen LogP contribution is 2.21. The average Bonchev–Trinajstić information content (AvgIpc) is 2.54. The molecule has 0 aliphatic carbocycles. The second-order valence-corrected chi connectivity index (χ2v) is 5.27. The summed E-state index contributed by atoms with van der Waals surface area (Å²) in [6.07, 6.45) is 0. The molecular formula is C18H20FNO2. The third-order valence-electron chi connectivity index (χ3n) is 3.77. The number of benzene rings is 2. The molecular weight excluding hydrogens is 281 g/mol. The Labute approximate surface area is 130 Å². The zero-order chi connectivity index (χ0) is 16.1. The van der Waals surface area contributed by atoms with E-state index < -0.39 is 0 Å². The van der Waals surface area contributed by atoms with Crippen LogP contribution in [0.15, 0.2) is 48.5 Å². The molecule has 0 aromatic heterocycles. The largest absolute Gasteiger partial charge is 0.380 e. The molecule has 0 fully saturated rings. The first-order valence-corrected chi connectivity index (χ1v) is 7.13. The molecule has 3 nitrogen and oxygen atoms in total. The molecule has 0 N–H and O–H groups in total. The van der Waals surface area contributed by atoms with E-state index in [-0.39, 0.29) is 17.8 Å². The van der Waals surface area contributed by atoms with E-state index in [1.807, 2.05) is 19.1 Å². The standard InChI is InChI=1S/C18H20FNO2/c1-13(15-8-10-17(19)11-9-15)20(2)18(21)16-6-4-14(5-7-16)12-22-3/h4-11,13H,12H2,1-3H3. The summed E-state index contributed by atoms with van der Waals surface area (Å²) in [6, 6.07) is 13.4. The Morgan fingerprint density at radius 1 is 1.14 bits per heavy atom. The van der Waals surface area contributed by atoms with Crippen molar-refractivity contribution < 1.29 is 13.9 Å². The van der Waals surface area contributed by atoms with Gasteiger partial charge in [0.15, 0.2) is 0 Å². The van der Waals surface area contributed by atoms with Gasteiger partial charge in [0.05, 0.1) is 12.6 Å². The molecule has 2 rings (SSSR count). The predicted molar refractivity (Wildman–Crippen MR) is 84.1 cm³/mol. The molecule has 0 saturated heterocycles. The minimum absolute atomic E-state index is 0.0687. The first-order valence-electron chi connectivity index (χ1n) is 7.13. The van der Waals surface area contributed by atoms with Gasteiger partial charge in [-0.15, -0.1) is 0 Å². The molecule has 0 radical (unpaired) electrons. The van der Waals surface area contributed by atoms with Crippen molar-refractivity contribution in [3.63, 3.8) is 0 Å². The highest BCUT2D eigenvalue weighted by molar-refractivity contribution is 5.94. The minimum atomic E-state index is -0.279. The van der Waals surface area contributed by atoms with E-state index in [4.69, 9.17) is 4.74 Å². The summed E-state index contributed by atoms with van der Waals surface area (Å²) >= 11 is 0. The molecule has 2 aromatic rings. The monoisotopic (exact) mass is 301 g/mol. The fourth-order valence-electron chi connectivity index (χ4n) is 2.25. The zero-order valence-corrected chi connectivity index (χ0v) is 13.0. The van der Waals surface area contributed by atoms with E-state index in [1.54, 1.807) is 43.3 Å². The lowest BCUT2D eigenvalue weighted by Crippen LogP contribution is -2.29. The summed E-state index contributed by atoms with van der Waals surface area (Å²) in [5.74, 6) is -0.348. The van der Waals surface area contributed by atoms with Gasteiger partial charge in [-0.2, -0.15) is 0 Å². The Hall–Kier alpha value is -2.20. The topological polar surface area (TPSA) is 29.5 Å². The minimum Gasteiger partial charge on any atom is -0.380 e. The van der Waals surface area contributed by atoms with Crippen LogP contribution in [0.2, 0.25) is 0 Å². The van der Waals surface area contributed by atoms with Crippen molar-refractivity contribution in [1.82, 2.24) is 4.90 Å². The zero-order valence-electron chi connectivity index (χ0n) is 13.0. The summed E-state index contributed by atoms with van der Waals surface area (Å²) in [6.45, 7) is 2.45. The van der Waals surface area contributed by atoms with Gasteiger partial charge in [-0.3, -0.25) is 4.79 Å². The highest BCUT2D eigenvalue weighted by atomic mass is 19.1. The fraction of sp³-hybridized carbons (Fsp3) is 0.278. The van der Waals surface area contributed by atoms with Crippen LogP contribution in [-0.4, -0.2) is 25.0 Å². The molecule has 0 aliphatic rings. The highest BCUT2D eigenvalue weighted by Gasteiger charge is 2.18. The van der Waals surface area contributed by atoms with Crippen LogP contribution in [0.5, 0.6) is 0 Å². The van der Waals surface area contributed by atoms with Crippen LogP contribution in [0.4, 0.5) is 4.39 Å². The Balaban J connectivity index is 2.12. The Morgan fingerprint density at radius 3 is 2.27 bits per heavy atom. The van der Waals surface area contributed by atoms with Crippen molar-refractivity contribution in [2.45, 2.75) is 19.6 Å². The molecule has 4 heteroatoms. The van der Waals surface area contributed by atoms with Crippen molar-refractivity contribution in [2.75, 3.05) is 14.2 Å². The van der Waals surface area contributed by atoms with Crippen LogP contribution < -0.4 is 0 Å². The lowest BCUT2D eigenvalue weighted by molar-refractivity contribution is 0.0742. The van der Waals surface area contributed by atoms with Crippen molar-refractivity contribution in [1.29, 1.82) is 0 Å². The first kappa shape index (κ1) is 16.2. The number of carbonyl (C=O) groups is 1. The van der Waals surface area contributed by atoms with Gasteiger partial charge in [-0.1, -0.05) is 24.3 Å². The molecule has 0 spiro atoms. The fourth-order valence-corrected chi connectivity index (χ4v) is 2.25. The summed E-state index contributed by atoms with van der Waals surface area (Å²) in [4.78, 5) is 14.2. The number of ether oxygens (including phenoxy) is 1. The Bertz CT molecular complexity index is 623. The number of methoxy groups -OCH3 is 1. The first-order chi connectivity index (χ1) is 10.5. The van der Waals surface area contributed by atoms with E-state index in [0.717, 1.165) is 11.1 Å². The van der Waals surface area contributed by atoms with E-state index in [9.17, 15) is 9.18 Å². The molecule has 2 aromatic carbocycles. The van der Waals surface area contributed by atoms with Crippen molar-refractivity contribution >= 4 is 5.91 Å². The Morgan fingerprint density at radius 2 is 1.73 bits per heavy atom. The molecule has 22 heavy (non-hydrogen) atoms. The van der Waals surface area contributed by atoms with Gasteiger partial charge < -0.3 is 9.64 Å². The maximum atomic E-state index is 13.0. The number of carbonyl (C=O) groups excluding carboxylic acids is 1. The smallest absolute Gasteiger partial charge is 0.254 e. The van der Waals surface area contributed by atoms with Crippen LogP contribution in [-0.2, 0) is 11.3 Å². The van der Waals surface area contributed by atoms with Crippen LogP contribution in [0.3, 0.4) is 0 Å². The van der Waals surface area contributed by atoms with Crippen LogP contribution >= 0.6 is 0 Å². The summed E-state index contributed by atoms with van der Waals surface area (Å²) < 4.78 is 18.0. The molecule has 116 valence electrons. The molecule has 0 saturated carbocycles. The second kappa shape index (κ2) is 7.18. The normalized spacial score (nSPS) is 12.0. The van der Waals surface area contributed by atoms with Gasteiger partial charge >= 0.3 is 0 Å². The van der Waals surface area contributed by atoms with E-state index >= 15 is 0 Å². The molecule has 1 atom stereocenters. The number of halogens is 1. The van der Waals surface area contributed by atoms with Gasteiger partial charge in [0.2, 0.25) is 0 Å². The molecule has 1 amide bonds. The number of hydrogen-bond acceptors (Lipinski definition) is 2. The third kappa shape index (κ3) is 3.71. The maximum Gasteiger partial charge on any atom is 0.254 e. The third-order valence-corrected chi connectivity index (χ3v) is 3.77. The molecule has 0 heterocycles. The molecule has 0 bridgehead atoms. The van der Waals surface area contributed by atoms with Gasteiger partial charge in [0.1, 0.15) is 5.82 Å². The number of rotatable bonds is 5. The summed E-state index contributed by atoms with van der Waals surface area (Å²) in [5.41, 5.74) is 2.54. The number of hydrogen-bond donors (Lipinski definition) is 0.